The zero-order valence-electron chi connectivity index (χ0n) is 11.2. The normalized spacial score (nSPS) is 12.5. The predicted octanol–water partition coefficient (Wildman–Crippen LogP) is 1.86. The minimum atomic E-state index is -3.65. The number of halogens is 1. The van der Waals surface area contributed by atoms with Crippen LogP contribution >= 0.6 is 15.9 Å². The molecule has 0 aliphatic heterocycles. The van der Waals surface area contributed by atoms with Crippen molar-refractivity contribution in [1.29, 1.82) is 0 Å². The Morgan fingerprint density at radius 2 is 2.05 bits per heavy atom. The van der Waals surface area contributed by atoms with E-state index in [0.29, 0.717) is 16.8 Å². The molecule has 1 aromatic rings. The number of sulfonamides is 1. The minimum Gasteiger partial charge on any atom is -0.492 e. The van der Waals surface area contributed by atoms with Crippen molar-refractivity contribution in [3.05, 3.63) is 22.7 Å². The van der Waals surface area contributed by atoms with Crippen molar-refractivity contribution < 1.29 is 13.2 Å². The molecular weight excluding hydrogens is 332 g/mol. The lowest BCUT2D eigenvalue weighted by molar-refractivity contribution is 0.330. The Bertz CT molecular complexity index is 538. The summed E-state index contributed by atoms with van der Waals surface area (Å²) in [6, 6.07) is 4.86. The fourth-order valence-corrected chi connectivity index (χ4v) is 3.23. The molecule has 0 saturated carbocycles. The van der Waals surface area contributed by atoms with Crippen LogP contribution in [0.3, 0.4) is 0 Å². The summed E-state index contributed by atoms with van der Waals surface area (Å²) in [5, 5.41) is 0. The SMILES string of the molecule is CCOc1ccc(Br)cc1S(=O)(=O)NCC(C)(C)N. The summed E-state index contributed by atoms with van der Waals surface area (Å²) in [6.07, 6.45) is 0. The Hall–Kier alpha value is -0.630. The van der Waals surface area contributed by atoms with Gasteiger partial charge in [0.2, 0.25) is 10.0 Å². The summed E-state index contributed by atoms with van der Waals surface area (Å²) < 4.78 is 33.0. The first-order chi connectivity index (χ1) is 8.65. The number of hydrogen-bond donors (Lipinski definition) is 2. The molecule has 0 atom stereocenters. The summed E-state index contributed by atoms with van der Waals surface area (Å²) in [5.41, 5.74) is 5.16. The van der Waals surface area contributed by atoms with Gasteiger partial charge in [-0.05, 0) is 39.0 Å². The van der Waals surface area contributed by atoms with Crippen LogP contribution in [0, 0.1) is 0 Å². The highest BCUT2D eigenvalue weighted by molar-refractivity contribution is 9.10. The molecule has 0 amide bonds. The van der Waals surface area contributed by atoms with Crippen LogP contribution in [0.1, 0.15) is 20.8 Å². The molecule has 0 radical (unpaired) electrons. The molecule has 7 heteroatoms. The first kappa shape index (κ1) is 16.4. The molecule has 0 aliphatic carbocycles. The Kier molecular flexibility index (Phi) is 5.37. The van der Waals surface area contributed by atoms with Gasteiger partial charge >= 0.3 is 0 Å². The molecule has 0 heterocycles. The standard InChI is InChI=1S/C12H19BrN2O3S/c1-4-18-10-6-5-9(13)7-11(10)19(16,17)15-8-12(2,3)14/h5-7,15H,4,8,14H2,1-3H3. The van der Waals surface area contributed by atoms with E-state index >= 15 is 0 Å². The van der Waals surface area contributed by atoms with E-state index in [1.165, 1.54) is 6.07 Å². The number of nitrogens with one attached hydrogen (secondary N) is 1. The number of nitrogens with two attached hydrogens (primary N) is 1. The molecule has 0 fully saturated rings. The number of rotatable bonds is 6. The lowest BCUT2D eigenvalue weighted by atomic mass is 10.1. The maximum absolute atomic E-state index is 12.3. The fourth-order valence-electron chi connectivity index (χ4n) is 1.33. The summed E-state index contributed by atoms with van der Waals surface area (Å²) in [6.45, 7) is 5.84. The number of hydrogen-bond acceptors (Lipinski definition) is 4. The molecule has 0 unspecified atom stereocenters. The van der Waals surface area contributed by atoms with Crippen LogP contribution in [0.5, 0.6) is 5.75 Å². The zero-order valence-corrected chi connectivity index (χ0v) is 13.6. The van der Waals surface area contributed by atoms with E-state index in [4.69, 9.17) is 10.5 Å². The molecule has 0 spiro atoms. The summed E-state index contributed by atoms with van der Waals surface area (Å²) in [4.78, 5) is 0.105. The van der Waals surface area contributed by atoms with Crippen molar-refractivity contribution in [2.75, 3.05) is 13.2 Å². The van der Waals surface area contributed by atoms with Gasteiger partial charge in [0.25, 0.3) is 0 Å². The van der Waals surface area contributed by atoms with Crippen molar-refractivity contribution in [3.8, 4) is 5.75 Å². The van der Waals surface area contributed by atoms with Crippen LogP contribution in [0.4, 0.5) is 0 Å². The van der Waals surface area contributed by atoms with Gasteiger partial charge in [0.15, 0.2) is 0 Å². The minimum absolute atomic E-state index is 0.105. The van der Waals surface area contributed by atoms with Crippen molar-refractivity contribution in [2.45, 2.75) is 31.2 Å². The van der Waals surface area contributed by atoms with Crippen LogP contribution < -0.4 is 15.2 Å². The second kappa shape index (κ2) is 6.21. The lowest BCUT2D eigenvalue weighted by Gasteiger charge is -2.19. The monoisotopic (exact) mass is 350 g/mol. The van der Waals surface area contributed by atoms with E-state index in [9.17, 15) is 8.42 Å². The number of benzene rings is 1. The van der Waals surface area contributed by atoms with Crippen LogP contribution in [0.15, 0.2) is 27.6 Å². The van der Waals surface area contributed by atoms with Gasteiger partial charge in [-0.3, -0.25) is 0 Å². The van der Waals surface area contributed by atoms with E-state index in [0.717, 1.165) is 0 Å². The Morgan fingerprint density at radius 3 is 2.58 bits per heavy atom. The van der Waals surface area contributed by atoms with Gasteiger partial charge < -0.3 is 10.5 Å². The van der Waals surface area contributed by atoms with Gasteiger partial charge in [-0.15, -0.1) is 0 Å². The third-order valence-corrected chi connectivity index (χ3v) is 4.13. The van der Waals surface area contributed by atoms with Crippen molar-refractivity contribution >= 4 is 26.0 Å². The Labute approximate surface area is 122 Å². The zero-order chi connectivity index (χ0) is 14.7. The average Bonchev–Trinajstić information content (AvgIpc) is 2.28. The molecular formula is C12H19BrN2O3S. The molecule has 0 aliphatic rings. The van der Waals surface area contributed by atoms with E-state index < -0.39 is 15.6 Å². The summed E-state index contributed by atoms with van der Waals surface area (Å²) in [7, 11) is -3.65. The van der Waals surface area contributed by atoms with E-state index in [1.807, 2.05) is 0 Å². The molecule has 3 N–H and O–H groups in total. The topological polar surface area (TPSA) is 81.4 Å². The largest absolute Gasteiger partial charge is 0.492 e. The third-order valence-electron chi connectivity index (χ3n) is 2.21. The molecule has 0 bridgehead atoms. The maximum atomic E-state index is 12.3. The van der Waals surface area contributed by atoms with Gasteiger partial charge in [0.05, 0.1) is 6.61 Å². The number of ether oxygens (including phenoxy) is 1. The fraction of sp³-hybridized carbons (Fsp3) is 0.500. The second-order valence-electron chi connectivity index (χ2n) is 4.84. The van der Waals surface area contributed by atoms with Crippen LogP contribution in [0.2, 0.25) is 0 Å². The lowest BCUT2D eigenvalue weighted by Crippen LogP contribution is -2.45. The molecule has 1 rings (SSSR count). The van der Waals surface area contributed by atoms with Gasteiger partial charge in [0, 0.05) is 16.6 Å². The highest BCUT2D eigenvalue weighted by atomic mass is 79.9. The molecule has 1 aromatic carbocycles. The predicted molar refractivity (Wildman–Crippen MR) is 78.8 cm³/mol. The first-order valence-corrected chi connectivity index (χ1v) is 8.14. The molecule has 5 nitrogen and oxygen atoms in total. The summed E-state index contributed by atoms with van der Waals surface area (Å²) >= 11 is 3.26. The van der Waals surface area contributed by atoms with E-state index in [-0.39, 0.29) is 11.4 Å². The highest BCUT2D eigenvalue weighted by Gasteiger charge is 2.22. The Morgan fingerprint density at radius 1 is 1.42 bits per heavy atom. The maximum Gasteiger partial charge on any atom is 0.244 e. The molecule has 108 valence electrons. The van der Waals surface area contributed by atoms with Gasteiger partial charge in [-0.1, -0.05) is 15.9 Å². The molecule has 0 aromatic heterocycles. The van der Waals surface area contributed by atoms with E-state index in [1.54, 1.807) is 32.9 Å². The molecule has 19 heavy (non-hydrogen) atoms. The van der Waals surface area contributed by atoms with Crippen molar-refractivity contribution in [1.82, 2.24) is 4.72 Å². The van der Waals surface area contributed by atoms with Gasteiger partial charge in [-0.2, -0.15) is 0 Å². The molecule has 0 saturated heterocycles. The first-order valence-electron chi connectivity index (χ1n) is 5.86. The smallest absolute Gasteiger partial charge is 0.244 e. The second-order valence-corrected chi connectivity index (χ2v) is 7.49. The van der Waals surface area contributed by atoms with Crippen LogP contribution in [-0.4, -0.2) is 27.1 Å². The average molecular weight is 351 g/mol. The van der Waals surface area contributed by atoms with Crippen molar-refractivity contribution in [3.63, 3.8) is 0 Å². The summed E-state index contributed by atoms with van der Waals surface area (Å²) in [5.74, 6) is 0.327. The van der Waals surface area contributed by atoms with Crippen LogP contribution in [0.25, 0.3) is 0 Å². The highest BCUT2D eigenvalue weighted by Crippen LogP contribution is 2.27. The Balaban J connectivity index is 3.09. The van der Waals surface area contributed by atoms with Gasteiger partial charge in [0.1, 0.15) is 10.6 Å². The van der Waals surface area contributed by atoms with Crippen LogP contribution in [-0.2, 0) is 10.0 Å². The third kappa shape index (κ3) is 5.10. The van der Waals surface area contributed by atoms with Crippen molar-refractivity contribution in [2.24, 2.45) is 5.73 Å². The quantitative estimate of drug-likeness (QED) is 0.820. The van der Waals surface area contributed by atoms with E-state index in [2.05, 4.69) is 20.7 Å². The van der Waals surface area contributed by atoms with Gasteiger partial charge in [-0.25, -0.2) is 13.1 Å².